The van der Waals surface area contributed by atoms with E-state index in [0.29, 0.717) is 0 Å². The Hall–Kier alpha value is -0.820. The van der Waals surface area contributed by atoms with Gasteiger partial charge in [0, 0.05) is 5.18 Å². The number of nitroso groups, excluding NO2 is 2. The largest absolute Gasteiger partial charge is 0.388 e. The van der Waals surface area contributed by atoms with Crippen LogP contribution in [0, 0.1) is 9.81 Å². The standard InChI is InChI=1S/C6H9N2O6P/c9-2-1(7-12)4(5(11)8-13)14-6(15)3(2)10/h1-4,6,9-10H,15H2/t1?,2-,3+,4-,6?/m0/s1. The van der Waals surface area contributed by atoms with Crippen LogP contribution in [0.2, 0.25) is 0 Å². The number of carbonyl (C=O) groups excluding carboxylic acids is 1. The fraction of sp³-hybridized carbons (Fsp3) is 0.833. The van der Waals surface area contributed by atoms with E-state index in [9.17, 15) is 24.8 Å². The Balaban J connectivity index is 2.91. The highest BCUT2D eigenvalue weighted by Gasteiger charge is 2.47. The smallest absolute Gasteiger partial charge is 0.317 e. The van der Waals surface area contributed by atoms with Gasteiger partial charge in [0.1, 0.15) is 18.1 Å². The lowest BCUT2D eigenvalue weighted by atomic mass is 9.97. The maximum Gasteiger partial charge on any atom is 0.317 e. The molecule has 1 saturated heterocycles. The van der Waals surface area contributed by atoms with E-state index in [4.69, 9.17) is 4.74 Å². The zero-order chi connectivity index (χ0) is 11.6. The Kier molecular flexibility index (Phi) is 3.92. The molecule has 1 amide bonds. The summed E-state index contributed by atoms with van der Waals surface area (Å²) >= 11 is 0. The van der Waals surface area contributed by atoms with Crippen LogP contribution in [0.4, 0.5) is 0 Å². The number of amides is 1. The predicted octanol–water partition coefficient (Wildman–Crippen LogP) is -1.26. The van der Waals surface area contributed by atoms with Gasteiger partial charge < -0.3 is 14.9 Å². The van der Waals surface area contributed by atoms with Crippen molar-refractivity contribution in [1.82, 2.24) is 0 Å². The maximum absolute atomic E-state index is 10.9. The van der Waals surface area contributed by atoms with Crippen molar-refractivity contribution in [3.63, 3.8) is 0 Å². The average Bonchev–Trinajstić information content (AvgIpc) is 2.24. The zero-order valence-corrected chi connectivity index (χ0v) is 8.54. The third-order valence-electron chi connectivity index (χ3n) is 2.11. The summed E-state index contributed by atoms with van der Waals surface area (Å²) in [6.07, 6.45) is -4.47. The van der Waals surface area contributed by atoms with Gasteiger partial charge in [-0.3, -0.25) is 4.79 Å². The van der Waals surface area contributed by atoms with Crippen molar-refractivity contribution < 1.29 is 19.7 Å². The van der Waals surface area contributed by atoms with Gasteiger partial charge in [0.05, 0.1) is 0 Å². The molecule has 8 nitrogen and oxygen atoms in total. The van der Waals surface area contributed by atoms with Crippen LogP contribution in [0.1, 0.15) is 0 Å². The van der Waals surface area contributed by atoms with Gasteiger partial charge in [-0.25, -0.2) is 0 Å². The summed E-state index contributed by atoms with van der Waals surface area (Å²) in [5, 5.41) is 23.2. The number of carbonyl (C=O) groups is 1. The summed E-state index contributed by atoms with van der Waals surface area (Å²) in [6.45, 7) is 0. The van der Waals surface area contributed by atoms with E-state index in [0.717, 1.165) is 0 Å². The highest BCUT2D eigenvalue weighted by atomic mass is 31.0. The summed E-state index contributed by atoms with van der Waals surface area (Å²) in [4.78, 5) is 31.3. The van der Waals surface area contributed by atoms with Gasteiger partial charge in [0.25, 0.3) is 0 Å². The highest BCUT2D eigenvalue weighted by Crippen LogP contribution is 2.27. The Morgan fingerprint density at radius 1 is 1.27 bits per heavy atom. The van der Waals surface area contributed by atoms with Crippen molar-refractivity contribution in [2.24, 2.45) is 10.4 Å². The SMILES string of the molecule is O=NC(=O)[C@H]1OC(P)[C@H](O)[C@@H](O)C1N=O. The molecule has 1 aliphatic rings. The van der Waals surface area contributed by atoms with Crippen LogP contribution < -0.4 is 0 Å². The highest BCUT2D eigenvalue weighted by molar-refractivity contribution is 7.17. The van der Waals surface area contributed by atoms with E-state index >= 15 is 0 Å². The van der Waals surface area contributed by atoms with Crippen molar-refractivity contribution in [2.45, 2.75) is 30.2 Å². The molecule has 0 aromatic rings. The lowest BCUT2D eigenvalue weighted by molar-refractivity contribution is -0.163. The third-order valence-corrected chi connectivity index (χ3v) is 2.66. The Morgan fingerprint density at radius 3 is 2.33 bits per heavy atom. The van der Waals surface area contributed by atoms with Crippen LogP contribution in [-0.4, -0.2) is 46.3 Å². The van der Waals surface area contributed by atoms with Crippen LogP contribution in [0.3, 0.4) is 0 Å². The Morgan fingerprint density at radius 2 is 1.87 bits per heavy atom. The minimum atomic E-state index is -1.56. The number of ether oxygens (including phenoxy) is 1. The van der Waals surface area contributed by atoms with Gasteiger partial charge in [0.2, 0.25) is 0 Å². The molecule has 84 valence electrons. The fourth-order valence-electron chi connectivity index (χ4n) is 1.28. The molecular weight excluding hydrogens is 227 g/mol. The molecule has 3 unspecified atom stereocenters. The summed E-state index contributed by atoms with van der Waals surface area (Å²) in [6, 6.07) is -1.53. The third kappa shape index (κ3) is 2.23. The molecule has 6 atom stereocenters. The molecule has 0 saturated carbocycles. The minimum absolute atomic E-state index is 0.964. The van der Waals surface area contributed by atoms with Gasteiger partial charge >= 0.3 is 5.91 Å². The van der Waals surface area contributed by atoms with Crippen molar-refractivity contribution >= 4 is 15.1 Å². The first-order valence-corrected chi connectivity index (χ1v) is 4.66. The van der Waals surface area contributed by atoms with E-state index in [2.05, 4.69) is 10.4 Å². The van der Waals surface area contributed by atoms with Gasteiger partial charge in [-0.2, -0.15) is 4.91 Å². The van der Waals surface area contributed by atoms with E-state index in [1.807, 2.05) is 9.24 Å². The fourth-order valence-corrected chi connectivity index (χ4v) is 1.68. The van der Waals surface area contributed by atoms with Crippen LogP contribution in [-0.2, 0) is 9.53 Å². The maximum atomic E-state index is 10.9. The van der Waals surface area contributed by atoms with Gasteiger partial charge in [-0.05, 0) is 0 Å². The normalized spacial score (nSPS) is 40.9. The monoisotopic (exact) mass is 236 g/mol. The predicted molar refractivity (Wildman–Crippen MR) is 50.8 cm³/mol. The van der Waals surface area contributed by atoms with Crippen molar-refractivity contribution in [3.05, 3.63) is 9.81 Å². The molecule has 0 aliphatic carbocycles. The summed E-state index contributed by atoms with van der Waals surface area (Å²) < 4.78 is 4.84. The number of hydrogen-bond acceptors (Lipinski definition) is 7. The van der Waals surface area contributed by atoms with Crippen LogP contribution in [0.25, 0.3) is 0 Å². The zero-order valence-electron chi connectivity index (χ0n) is 7.39. The van der Waals surface area contributed by atoms with E-state index in [-0.39, 0.29) is 0 Å². The molecule has 0 radical (unpaired) electrons. The van der Waals surface area contributed by atoms with Crippen molar-refractivity contribution in [3.8, 4) is 0 Å². The van der Waals surface area contributed by atoms with Crippen molar-refractivity contribution in [1.29, 1.82) is 0 Å². The lowest BCUT2D eigenvalue weighted by Crippen LogP contribution is -2.56. The second kappa shape index (κ2) is 4.80. The average molecular weight is 236 g/mol. The molecule has 0 aromatic heterocycles. The molecule has 0 spiro atoms. The van der Waals surface area contributed by atoms with E-state index in [1.54, 1.807) is 0 Å². The number of rotatable bonds is 2. The number of aliphatic hydroxyl groups is 2. The van der Waals surface area contributed by atoms with Gasteiger partial charge in [0.15, 0.2) is 12.1 Å². The molecule has 15 heavy (non-hydrogen) atoms. The molecule has 0 bridgehead atoms. The van der Waals surface area contributed by atoms with E-state index < -0.39 is 36.1 Å². The first kappa shape index (κ1) is 12.3. The minimum Gasteiger partial charge on any atom is -0.388 e. The number of nitrogens with zero attached hydrogens (tertiary/aromatic N) is 2. The molecular formula is C6H9N2O6P. The van der Waals surface area contributed by atoms with Gasteiger partial charge in [-0.1, -0.05) is 5.18 Å². The first-order chi connectivity index (χ1) is 7.02. The number of hydrogen-bond donors (Lipinski definition) is 2. The second-order valence-corrected chi connectivity index (χ2v) is 3.69. The van der Waals surface area contributed by atoms with Crippen molar-refractivity contribution in [2.75, 3.05) is 0 Å². The molecule has 1 heterocycles. The Labute approximate surface area is 86.1 Å². The molecule has 9 heteroatoms. The molecule has 1 fully saturated rings. The molecule has 0 aromatic carbocycles. The molecule has 1 rings (SSSR count). The summed E-state index contributed by atoms with van der Waals surface area (Å²) in [5.41, 5.74) is 0. The topological polar surface area (TPSA) is 126 Å². The second-order valence-electron chi connectivity index (χ2n) is 3.03. The molecule has 2 N–H and O–H groups in total. The summed E-state index contributed by atoms with van der Waals surface area (Å²) in [7, 11) is 2.02. The van der Waals surface area contributed by atoms with Gasteiger partial charge in [-0.15, -0.1) is 14.1 Å². The van der Waals surface area contributed by atoms with Crippen LogP contribution >= 0.6 is 9.24 Å². The first-order valence-electron chi connectivity index (χ1n) is 3.99. The van der Waals surface area contributed by atoms with E-state index in [1.165, 1.54) is 0 Å². The van der Waals surface area contributed by atoms with Crippen LogP contribution in [0.5, 0.6) is 0 Å². The quantitative estimate of drug-likeness (QED) is 0.455. The van der Waals surface area contributed by atoms with Crippen LogP contribution in [0.15, 0.2) is 10.4 Å². The summed E-state index contributed by atoms with van der Waals surface area (Å²) in [5.74, 6) is -2.20. The molecule has 1 aliphatic heterocycles. The Bertz CT molecular complexity index is 287. The number of aliphatic hydroxyl groups excluding tert-OH is 2. The lowest BCUT2D eigenvalue weighted by Gasteiger charge is -2.36.